The summed E-state index contributed by atoms with van der Waals surface area (Å²) in [5.41, 5.74) is -0.433. The lowest BCUT2D eigenvalue weighted by Gasteiger charge is -2.29. The second-order valence-corrected chi connectivity index (χ2v) is 9.45. The molecule has 0 atom stereocenters. The van der Waals surface area contributed by atoms with Crippen molar-refractivity contribution in [2.24, 2.45) is 5.92 Å². The Morgan fingerprint density at radius 3 is 2.36 bits per heavy atom. The third-order valence-electron chi connectivity index (χ3n) is 7.18. The van der Waals surface area contributed by atoms with Gasteiger partial charge in [0.25, 0.3) is 0 Å². The minimum Gasteiger partial charge on any atom is -0.490 e. The summed E-state index contributed by atoms with van der Waals surface area (Å²) in [6.07, 6.45) is 10.8. The molecule has 1 fully saturated rings. The Kier molecular flexibility index (Phi) is 7.67. The van der Waals surface area contributed by atoms with E-state index in [2.05, 4.69) is 6.92 Å². The van der Waals surface area contributed by atoms with E-state index in [0.29, 0.717) is 22.9 Å². The van der Waals surface area contributed by atoms with Crippen molar-refractivity contribution in [2.75, 3.05) is 6.61 Å². The van der Waals surface area contributed by atoms with Gasteiger partial charge in [-0.3, -0.25) is 0 Å². The van der Waals surface area contributed by atoms with Crippen LogP contribution in [0.15, 0.2) is 33.5 Å². The lowest BCUT2D eigenvalue weighted by molar-refractivity contribution is 0.294. The highest BCUT2D eigenvalue weighted by Crippen LogP contribution is 2.40. The smallest absolute Gasteiger partial charge is 0.347 e. The second-order valence-electron chi connectivity index (χ2n) is 9.45. The lowest BCUT2D eigenvalue weighted by atomic mass is 9.76. The number of unbranched alkanes of at least 4 members (excludes halogenated alkanes) is 3. The van der Waals surface area contributed by atoms with Crippen LogP contribution in [0.3, 0.4) is 0 Å². The van der Waals surface area contributed by atoms with Crippen molar-refractivity contribution in [2.45, 2.75) is 84.0 Å². The van der Waals surface area contributed by atoms with Crippen molar-refractivity contribution >= 4 is 21.7 Å². The third kappa shape index (κ3) is 4.92. The zero-order chi connectivity index (χ0) is 23.4. The summed E-state index contributed by atoms with van der Waals surface area (Å²) in [6.45, 7) is 4.62. The summed E-state index contributed by atoms with van der Waals surface area (Å²) < 4.78 is 41.4. The van der Waals surface area contributed by atoms with Crippen LogP contribution >= 0.6 is 0 Å². The highest BCUT2D eigenvalue weighted by molar-refractivity contribution is 6.05. The number of halogens is 2. The van der Waals surface area contributed by atoms with Gasteiger partial charge in [0.2, 0.25) is 5.82 Å². The Bertz CT molecular complexity index is 1160. The standard InChI is InChI=1S/C28H34F2O3/c1-3-5-7-8-18-9-11-19(12-10-18)20-13-14-21-22-15-16-23(32-17-6-4-2)26(30)27(22)33-28(31)24(21)25(20)29/h13-16,18-19H,3-12,17H2,1-2H3. The van der Waals surface area contributed by atoms with E-state index in [1.165, 1.54) is 31.7 Å². The molecule has 0 amide bonds. The SMILES string of the molecule is CCCCCC1CCC(c2ccc3c(c2F)c(=O)oc2c(F)c(OCCCC)ccc23)CC1. The van der Waals surface area contributed by atoms with Gasteiger partial charge >= 0.3 is 5.63 Å². The van der Waals surface area contributed by atoms with Crippen molar-refractivity contribution < 1.29 is 17.9 Å². The molecule has 0 N–H and O–H groups in total. The number of benzene rings is 2. The monoisotopic (exact) mass is 456 g/mol. The Balaban J connectivity index is 1.63. The fourth-order valence-corrected chi connectivity index (χ4v) is 5.21. The van der Waals surface area contributed by atoms with Gasteiger partial charge in [-0.2, -0.15) is 4.39 Å². The van der Waals surface area contributed by atoms with Crippen molar-refractivity contribution in [1.82, 2.24) is 0 Å². The maximum absolute atomic E-state index is 15.6. The highest BCUT2D eigenvalue weighted by atomic mass is 19.1. The van der Waals surface area contributed by atoms with Gasteiger partial charge in [0, 0.05) is 10.8 Å². The van der Waals surface area contributed by atoms with Crippen LogP contribution in [-0.4, -0.2) is 6.61 Å². The van der Waals surface area contributed by atoms with Crippen LogP contribution < -0.4 is 10.4 Å². The number of rotatable bonds is 9. The minimum absolute atomic E-state index is 0.0474. The van der Waals surface area contributed by atoms with E-state index in [0.717, 1.165) is 44.4 Å². The van der Waals surface area contributed by atoms with Gasteiger partial charge in [-0.15, -0.1) is 0 Å². The van der Waals surface area contributed by atoms with Gasteiger partial charge in [0.1, 0.15) is 11.2 Å². The van der Waals surface area contributed by atoms with Crippen LogP contribution in [-0.2, 0) is 0 Å². The number of hydrogen-bond acceptors (Lipinski definition) is 3. The Hall–Kier alpha value is -2.43. The first-order chi connectivity index (χ1) is 16.0. The largest absolute Gasteiger partial charge is 0.490 e. The van der Waals surface area contributed by atoms with Gasteiger partial charge in [-0.25, -0.2) is 9.18 Å². The predicted molar refractivity (Wildman–Crippen MR) is 129 cm³/mol. The molecular weight excluding hydrogens is 422 g/mol. The van der Waals surface area contributed by atoms with Crippen LogP contribution in [0.5, 0.6) is 5.75 Å². The van der Waals surface area contributed by atoms with Gasteiger partial charge in [-0.1, -0.05) is 58.1 Å². The molecule has 3 nitrogen and oxygen atoms in total. The Morgan fingerprint density at radius 1 is 0.909 bits per heavy atom. The van der Waals surface area contributed by atoms with Crippen molar-refractivity contribution in [1.29, 1.82) is 0 Å². The topological polar surface area (TPSA) is 39.4 Å². The van der Waals surface area contributed by atoms with Crippen LogP contribution in [0, 0.1) is 17.6 Å². The average molecular weight is 457 g/mol. The molecular formula is C28H34F2O3. The summed E-state index contributed by atoms with van der Waals surface area (Å²) in [7, 11) is 0. The first-order valence-corrected chi connectivity index (χ1v) is 12.5. The molecule has 5 heteroatoms. The average Bonchev–Trinajstić information content (AvgIpc) is 2.82. The molecule has 0 radical (unpaired) electrons. The fourth-order valence-electron chi connectivity index (χ4n) is 5.21. The van der Waals surface area contributed by atoms with Crippen LogP contribution in [0.1, 0.15) is 89.5 Å². The lowest BCUT2D eigenvalue weighted by Crippen LogP contribution is -2.15. The van der Waals surface area contributed by atoms with E-state index in [1.807, 2.05) is 6.92 Å². The van der Waals surface area contributed by atoms with Gasteiger partial charge in [0.15, 0.2) is 11.3 Å². The summed E-state index contributed by atoms with van der Waals surface area (Å²) in [4.78, 5) is 12.8. The quantitative estimate of drug-likeness (QED) is 0.185. The number of fused-ring (bicyclic) bond motifs is 3. The predicted octanol–water partition coefficient (Wildman–Crippen LogP) is 8.26. The summed E-state index contributed by atoms with van der Waals surface area (Å²) in [5.74, 6) is -0.346. The molecule has 1 aromatic heterocycles. The molecule has 1 aliphatic carbocycles. The first-order valence-electron chi connectivity index (χ1n) is 12.5. The summed E-state index contributed by atoms with van der Waals surface area (Å²) in [5, 5.41) is 0.689. The fraction of sp³-hybridized carbons (Fsp3) is 0.536. The van der Waals surface area contributed by atoms with E-state index in [9.17, 15) is 9.18 Å². The van der Waals surface area contributed by atoms with Crippen LogP contribution in [0.2, 0.25) is 0 Å². The highest BCUT2D eigenvalue weighted by Gasteiger charge is 2.26. The van der Waals surface area contributed by atoms with E-state index in [4.69, 9.17) is 9.15 Å². The third-order valence-corrected chi connectivity index (χ3v) is 7.18. The molecule has 1 saturated carbocycles. The maximum atomic E-state index is 15.6. The Labute approximate surface area is 194 Å². The van der Waals surface area contributed by atoms with Crippen LogP contribution in [0.25, 0.3) is 21.7 Å². The van der Waals surface area contributed by atoms with E-state index >= 15 is 4.39 Å². The van der Waals surface area contributed by atoms with Crippen molar-refractivity contribution in [3.63, 3.8) is 0 Å². The zero-order valence-corrected chi connectivity index (χ0v) is 19.7. The van der Waals surface area contributed by atoms with E-state index in [-0.39, 0.29) is 22.6 Å². The van der Waals surface area contributed by atoms with E-state index in [1.54, 1.807) is 18.2 Å². The van der Waals surface area contributed by atoms with Crippen LogP contribution in [0.4, 0.5) is 8.78 Å². The molecule has 1 aliphatic rings. The minimum atomic E-state index is -0.838. The molecule has 0 saturated heterocycles. The van der Waals surface area contributed by atoms with Gasteiger partial charge in [-0.05, 0) is 61.6 Å². The molecule has 4 rings (SSSR count). The molecule has 33 heavy (non-hydrogen) atoms. The molecule has 0 unspecified atom stereocenters. The first kappa shape index (κ1) is 23.7. The molecule has 2 aromatic carbocycles. The second kappa shape index (κ2) is 10.7. The van der Waals surface area contributed by atoms with Crippen molar-refractivity contribution in [3.8, 4) is 5.75 Å². The van der Waals surface area contributed by atoms with E-state index < -0.39 is 17.3 Å². The van der Waals surface area contributed by atoms with Gasteiger partial charge in [0.05, 0.1) is 6.61 Å². The molecule has 1 heterocycles. The van der Waals surface area contributed by atoms with Crippen molar-refractivity contribution in [3.05, 3.63) is 51.9 Å². The Morgan fingerprint density at radius 2 is 1.64 bits per heavy atom. The number of hydrogen-bond donors (Lipinski definition) is 0. The maximum Gasteiger partial charge on any atom is 0.347 e. The number of ether oxygens (including phenoxy) is 1. The molecule has 178 valence electrons. The molecule has 0 aliphatic heterocycles. The zero-order valence-electron chi connectivity index (χ0n) is 19.7. The molecule has 3 aromatic rings. The van der Waals surface area contributed by atoms with Gasteiger partial charge < -0.3 is 9.15 Å². The summed E-state index contributed by atoms with van der Waals surface area (Å²) >= 11 is 0. The molecule has 0 bridgehead atoms. The normalized spacial score (nSPS) is 18.8. The summed E-state index contributed by atoms with van der Waals surface area (Å²) in [6, 6.07) is 6.70. The molecule has 0 spiro atoms.